The van der Waals surface area contributed by atoms with Crippen molar-refractivity contribution in [1.82, 2.24) is 14.8 Å². The van der Waals surface area contributed by atoms with Gasteiger partial charge in [-0.1, -0.05) is 11.6 Å². The number of alkyl halides is 2. The molecule has 0 atom stereocenters. The van der Waals surface area contributed by atoms with Crippen LogP contribution in [0.4, 0.5) is 8.78 Å². The van der Waals surface area contributed by atoms with Gasteiger partial charge in [-0.05, 0) is 19.1 Å². The molecule has 5 nitrogen and oxygen atoms in total. The van der Waals surface area contributed by atoms with E-state index < -0.39 is 18.1 Å². The molecule has 0 aliphatic carbocycles. The number of pyridine rings is 1. The van der Waals surface area contributed by atoms with E-state index in [0.717, 1.165) is 10.9 Å². The number of carbonyl (C=O) groups excluding carboxylic acids is 1. The van der Waals surface area contributed by atoms with Crippen LogP contribution < -0.4 is 0 Å². The number of halogens is 3. The number of carbonyl (C=O) groups is 1. The Kier molecular flexibility index (Phi) is 4.29. The summed E-state index contributed by atoms with van der Waals surface area (Å²) >= 11 is 5.91. The molecule has 0 spiro atoms. The van der Waals surface area contributed by atoms with Gasteiger partial charge in [-0.15, -0.1) is 0 Å². The van der Waals surface area contributed by atoms with E-state index >= 15 is 0 Å². The van der Waals surface area contributed by atoms with Crippen molar-refractivity contribution in [2.45, 2.75) is 13.3 Å². The van der Waals surface area contributed by atoms with Crippen LogP contribution in [0.15, 0.2) is 24.5 Å². The van der Waals surface area contributed by atoms with Crippen molar-refractivity contribution in [3.63, 3.8) is 0 Å². The zero-order valence-corrected chi connectivity index (χ0v) is 11.1. The Morgan fingerprint density at radius 3 is 2.90 bits per heavy atom. The third kappa shape index (κ3) is 2.77. The summed E-state index contributed by atoms with van der Waals surface area (Å²) < 4.78 is 31.6. The lowest BCUT2D eigenvalue weighted by molar-refractivity contribution is 0.0515. The highest BCUT2D eigenvalue weighted by atomic mass is 35.5. The molecule has 0 fully saturated rings. The molecule has 0 amide bonds. The Morgan fingerprint density at radius 2 is 2.30 bits per heavy atom. The standard InChI is InChI=1S/C12H10ClF2N3O2/c1-2-20-12(19)7-6-18(17-9(7)10(14)15)11-8(13)4-3-5-16-11/h3-6,10H,2H2,1H3. The molecule has 2 aromatic heterocycles. The molecule has 0 radical (unpaired) electrons. The first-order chi connectivity index (χ1) is 9.54. The molecule has 0 N–H and O–H groups in total. The highest BCUT2D eigenvalue weighted by molar-refractivity contribution is 6.32. The van der Waals surface area contributed by atoms with Gasteiger partial charge in [0, 0.05) is 12.4 Å². The van der Waals surface area contributed by atoms with E-state index in [9.17, 15) is 13.6 Å². The van der Waals surface area contributed by atoms with Gasteiger partial charge in [0.25, 0.3) is 6.43 Å². The van der Waals surface area contributed by atoms with Crippen LogP contribution in [0.5, 0.6) is 0 Å². The average molecular weight is 302 g/mol. The number of nitrogens with zero attached hydrogens (tertiary/aromatic N) is 3. The molecular weight excluding hydrogens is 292 g/mol. The average Bonchev–Trinajstić information content (AvgIpc) is 2.84. The van der Waals surface area contributed by atoms with Crippen molar-refractivity contribution in [1.29, 1.82) is 0 Å². The number of rotatable bonds is 4. The molecule has 2 heterocycles. The van der Waals surface area contributed by atoms with Crippen molar-refractivity contribution in [2.75, 3.05) is 6.61 Å². The van der Waals surface area contributed by atoms with Crippen LogP contribution in [0.2, 0.25) is 5.02 Å². The lowest BCUT2D eigenvalue weighted by Gasteiger charge is -2.01. The van der Waals surface area contributed by atoms with Crippen molar-refractivity contribution < 1.29 is 18.3 Å². The van der Waals surface area contributed by atoms with E-state index in [-0.39, 0.29) is 23.0 Å². The number of esters is 1. The number of hydrogen-bond donors (Lipinski definition) is 0. The van der Waals surface area contributed by atoms with Gasteiger partial charge in [0.05, 0.1) is 11.6 Å². The smallest absolute Gasteiger partial charge is 0.341 e. The summed E-state index contributed by atoms with van der Waals surface area (Å²) in [6.07, 6.45) is -0.332. The second kappa shape index (κ2) is 5.96. The molecular formula is C12H10ClF2N3O2. The zero-order valence-electron chi connectivity index (χ0n) is 10.4. The molecule has 8 heteroatoms. The maximum absolute atomic E-state index is 12.9. The largest absolute Gasteiger partial charge is 0.462 e. The molecule has 0 aliphatic heterocycles. The Hall–Kier alpha value is -2.02. The molecule has 0 unspecified atom stereocenters. The zero-order chi connectivity index (χ0) is 14.7. The van der Waals surface area contributed by atoms with Gasteiger partial charge in [-0.25, -0.2) is 23.2 Å². The molecule has 0 saturated heterocycles. The first kappa shape index (κ1) is 14.4. The van der Waals surface area contributed by atoms with Gasteiger partial charge < -0.3 is 4.74 Å². The highest BCUT2D eigenvalue weighted by Gasteiger charge is 2.25. The molecule has 106 valence electrons. The number of ether oxygens (including phenoxy) is 1. The molecule has 2 rings (SSSR count). The van der Waals surface area contributed by atoms with Crippen LogP contribution in [-0.4, -0.2) is 27.3 Å². The van der Waals surface area contributed by atoms with E-state index in [1.165, 1.54) is 12.3 Å². The van der Waals surface area contributed by atoms with Crippen molar-refractivity contribution in [3.05, 3.63) is 40.8 Å². The fourth-order valence-electron chi connectivity index (χ4n) is 1.57. The summed E-state index contributed by atoms with van der Waals surface area (Å²) in [5.74, 6) is -0.701. The van der Waals surface area contributed by atoms with E-state index in [1.54, 1.807) is 13.0 Å². The van der Waals surface area contributed by atoms with E-state index in [4.69, 9.17) is 16.3 Å². The molecule has 2 aromatic rings. The Balaban J connectivity index is 2.50. The van der Waals surface area contributed by atoms with Crippen molar-refractivity contribution in [2.24, 2.45) is 0 Å². The summed E-state index contributed by atoms with van der Waals surface area (Å²) in [5.41, 5.74) is -0.964. The van der Waals surface area contributed by atoms with Crippen LogP contribution in [0.25, 0.3) is 5.82 Å². The van der Waals surface area contributed by atoms with Crippen LogP contribution >= 0.6 is 11.6 Å². The van der Waals surface area contributed by atoms with Crippen LogP contribution in [0.3, 0.4) is 0 Å². The maximum Gasteiger partial charge on any atom is 0.341 e. The number of aromatic nitrogens is 3. The minimum Gasteiger partial charge on any atom is -0.462 e. The lowest BCUT2D eigenvalue weighted by atomic mass is 10.2. The van der Waals surface area contributed by atoms with Gasteiger partial charge in [0.2, 0.25) is 0 Å². The first-order valence-corrected chi connectivity index (χ1v) is 6.08. The van der Waals surface area contributed by atoms with Crippen molar-refractivity contribution in [3.8, 4) is 5.82 Å². The molecule has 20 heavy (non-hydrogen) atoms. The molecule has 0 bridgehead atoms. The molecule has 0 aliphatic rings. The number of hydrogen-bond acceptors (Lipinski definition) is 4. The summed E-state index contributed by atoms with van der Waals surface area (Å²) in [5, 5.41) is 3.89. The van der Waals surface area contributed by atoms with E-state index in [2.05, 4.69) is 10.1 Å². The topological polar surface area (TPSA) is 57.0 Å². The first-order valence-electron chi connectivity index (χ1n) is 5.70. The minimum atomic E-state index is -2.90. The second-order valence-corrected chi connectivity index (χ2v) is 4.11. The summed E-state index contributed by atoms with van der Waals surface area (Å²) in [7, 11) is 0. The summed E-state index contributed by atoms with van der Waals surface area (Å²) in [6, 6.07) is 3.13. The summed E-state index contributed by atoms with van der Waals surface area (Å²) in [4.78, 5) is 15.6. The summed E-state index contributed by atoms with van der Waals surface area (Å²) in [6.45, 7) is 1.66. The lowest BCUT2D eigenvalue weighted by Crippen LogP contribution is -2.06. The highest BCUT2D eigenvalue weighted by Crippen LogP contribution is 2.25. The SMILES string of the molecule is CCOC(=O)c1cn(-c2ncccc2Cl)nc1C(F)F. The normalized spacial score (nSPS) is 10.8. The van der Waals surface area contributed by atoms with E-state index in [0.29, 0.717) is 0 Å². The van der Waals surface area contributed by atoms with E-state index in [1.807, 2.05) is 0 Å². The van der Waals surface area contributed by atoms with Gasteiger partial charge in [-0.2, -0.15) is 5.10 Å². The Morgan fingerprint density at radius 1 is 1.55 bits per heavy atom. The Bertz CT molecular complexity index is 631. The maximum atomic E-state index is 12.9. The van der Waals surface area contributed by atoms with Crippen LogP contribution in [-0.2, 0) is 4.74 Å². The predicted octanol–water partition coefficient (Wildman–Crippen LogP) is 3.04. The third-order valence-electron chi connectivity index (χ3n) is 2.40. The third-order valence-corrected chi connectivity index (χ3v) is 2.70. The van der Waals surface area contributed by atoms with Gasteiger partial charge >= 0.3 is 5.97 Å². The van der Waals surface area contributed by atoms with Gasteiger partial charge in [0.15, 0.2) is 5.82 Å². The second-order valence-electron chi connectivity index (χ2n) is 3.70. The van der Waals surface area contributed by atoms with Crippen LogP contribution in [0, 0.1) is 0 Å². The van der Waals surface area contributed by atoms with Crippen LogP contribution in [0.1, 0.15) is 29.4 Å². The fraction of sp³-hybridized carbons (Fsp3) is 0.250. The molecule has 0 saturated carbocycles. The van der Waals surface area contributed by atoms with Gasteiger partial charge in [0.1, 0.15) is 11.3 Å². The fourth-order valence-corrected chi connectivity index (χ4v) is 1.78. The quantitative estimate of drug-likeness (QED) is 0.815. The Labute approximate surface area is 118 Å². The minimum absolute atomic E-state index is 0.0804. The monoisotopic (exact) mass is 301 g/mol. The predicted molar refractivity (Wildman–Crippen MR) is 67.3 cm³/mol. The molecule has 0 aromatic carbocycles. The van der Waals surface area contributed by atoms with Crippen molar-refractivity contribution >= 4 is 17.6 Å². The van der Waals surface area contributed by atoms with Gasteiger partial charge in [-0.3, -0.25) is 0 Å².